The minimum Gasteiger partial charge on any atom is -0.349 e. The summed E-state index contributed by atoms with van der Waals surface area (Å²) >= 11 is 0. The summed E-state index contributed by atoms with van der Waals surface area (Å²) in [7, 11) is 0. The van der Waals surface area contributed by atoms with Gasteiger partial charge in [0.25, 0.3) is 5.91 Å². The standard InChI is InChI=1S/C24H29N3O4/c1-14(2)12-20(27-23(30)18-8-3-4-9-19(18)24(27)31)22(29)26-17-7-5-6-15(13-17)21(28)25-16-10-11-16/h3-7,13-14,16,18-20H,8-12H2,1-2H3,(H,25,28)(H,26,29)/t18-,19+,20-/m0/s1. The Kier molecular flexibility index (Phi) is 5.94. The highest BCUT2D eigenvalue weighted by Crippen LogP contribution is 2.37. The van der Waals surface area contributed by atoms with Crippen LogP contribution in [0.4, 0.5) is 5.69 Å². The molecule has 0 aromatic heterocycles. The fourth-order valence-electron chi connectivity index (χ4n) is 4.37. The van der Waals surface area contributed by atoms with Crippen LogP contribution in [0.3, 0.4) is 0 Å². The molecule has 2 aliphatic carbocycles. The zero-order valence-electron chi connectivity index (χ0n) is 18.0. The zero-order valence-corrected chi connectivity index (χ0v) is 18.0. The first kappa shape index (κ1) is 21.3. The number of nitrogens with one attached hydrogen (secondary N) is 2. The molecule has 1 saturated heterocycles. The number of amides is 4. The number of hydrogen-bond acceptors (Lipinski definition) is 4. The lowest BCUT2D eigenvalue weighted by molar-refractivity contribution is -0.147. The number of fused-ring (bicyclic) bond motifs is 1. The van der Waals surface area contributed by atoms with E-state index in [9.17, 15) is 19.2 Å². The number of allylic oxidation sites excluding steroid dienone is 2. The van der Waals surface area contributed by atoms with Crippen molar-refractivity contribution < 1.29 is 19.2 Å². The van der Waals surface area contributed by atoms with E-state index in [2.05, 4.69) is 10.6 Å². The van der Waals surface area contributed by atoms with Crippen molar-refractivity contribution in [1.29, 1.82) is 0 Å². The van der Waals surface area contributed by atoms with E-state index in [1.165, 1.54) is 4.90 Å². The SMILES string of the molecule is CC(C)C[C@@H](C(=O)Nc1cccc(C(=O)NC2CC2)c1)N1C(=O)[C@H]2CC=CC[C@H]2C1=O. The van der Waals surface area contributed by atoms with Crippen molar-refractivity contribution in [1.82, 2.24) is 10.2 Å². The molecule has 1 aromatic rings. The molecule has 7 nitrogen and oxygen atoms in total. The van der Waals surface area contributed by atoms with Gasteiger partial charge in [0.05, 0.1) is 11.8 Å². The summed E-state index contributed by atoms with van der Waals surface area (Å²) in [5.41, 5.74) is 0.941. The smallest absolute Gasteiger partial charge is 0.251 e. The molecule has 4 rings (SSSR count). The van der Waals surface area contributed by atoms with Crippen LogP contribution in [-0.2, 0) is 14.4 Å². The number of rotatable bonds is 7. The Balaban J connectivity index is 1.52. The second-order valence-electron chi connectivity index (χ2n) is 9.17. The van der Waals surface area contributed by atoms with Gasteiger partial charge >= 0.3 is 0 Å². The number of hydrogen-bond donors (Lipinski definition) is 2. The Morgan fingerprint density at radius 1 is 1.06 bits per heavy atom. The summed E-state index contributed by atoms with van der Waals surface area (Å²) in [6, 6.07) is 6.11. The van der Waals surface area contributed by atoms with Gasteiger partial charge in [-0.2, -0.15) is 0 Å². The Bertz CT molecular complexity index is 909. The Hall–Kier alpha value is -2.96. The Morgan fingerprint density at radius 3 is 2.29 bits per heavy atom. The molecule has 0 spiro atoms. The molecule has 0 bridgehead atoms. The molecule has 4 amide bonds. The minimum atomic E-state index is -0.866. The van der Waals surface area contributed by atoms with Crippen molar-refractivity contribution >= 4 is 29.3 Å². The molecule has 1 saturated carbocycles. The topological polar surface area (TPSA) is 95.6 Å². The summed E-state index contributed by atoms with van der Waals surface area (Å²) in [5.74, 6) is -1.69. The van der Waals surface area contributed by atoms with Crippen LogP contribution in [0.5, 0.6) is 0 Å². The zero-order chi connectivity index (χ0) is 22.1. The molecule has 7 heteroatoms. The van der Waals surface area contributed by atoms with E-state index < -0.39 is 11.9 Å². The quantitative estimate of drug-likeness (QED) is 0.521. The highest BCUT2D eigenvalue weighted by molar-refractivity contribution is 6.10. The van der Waals surface area contributed by atoms with Gasteiger partial charge in [0.15, 0.2) is 0 Å². The maximum Gasteiger partial charge on any atom is 0.251 e. The molecule has 0 radical (unpaired) electrons. The van der Waals surface area contributed by atoms with E-state index in [-0.39, 0.29) is 41.5 Å². The van der Waals surface area contributed by atoms with Crippen LogP contribution >= 0.6 is 0 Å². The number of carbonyl (C=O) groups excluding carboxylic acids is 4. The second kappa shape index (κ2) is 8.65. The molecule has 31 heavy (non-hydrogen) atoms. The maximum atomic E-state index is 13.2. The number of imide groups is 1. The molecule has 1 heterocycles. The van der Waals surface area contributed by atoms with Crippen molar-refractivity contribution in [2.24, 2.45) is 17.8 Å². The normalized spacial score (nSPS) is 23.6. The number of likely N-dealkylation sites (tertiary alicyclic amines) is 1. The van der Waals surface area contributed by atoms with Gasteiger partial charge in [-0.15, -0.1) is 0 Å². The summed E-state index contributed by atoms with van der Waals surface area (Å²) in [4.78, 5) is 52.8. The van der Waals surface area contributed by atoms with Crippen molar-refractivity contribution in [3.05, 3.63) is 42.0 Å². The molecule has 3 atom stereocenters. The monoisotopic (exact) mass is 423 g/mol. The van der Waals surface area contributed by atoms with Crippen molar-refractivity contribution in [3.63, 3.8) is 0 Å². The van der Waals surface area contributed by atoms with Crippen molar-refractivity contribution in [2.75, 3.05) is 5.32 Å². The van der Waals surface area contributed by atoms with Crippen molar-refractivity contribution in [3.8, 4) is 0 Å². The van der Waals surface area contributed by atoms with Crippen LogP contribution in [0, 0.1) is 17.8 Å². The predicted octanol–water partition coefficient (Wildman–Crippen LogP) is 2.88. The van der Waals surface area contributed by atoms with Crippen LogP contribution in [0.1, 0.15) is 56.3 Å². The molecule has 164 valence electrons. The number of benzene rings is 1. The number of carbonyl (C=O) groups is 4. The largest absolute Gasteiger partial charge is 0.349 e. The summed E-state index contributed by atoms with van der Waals surface area (Å²) in [6.07, 6.45) is 7.33. The van der Waals surface area contributed by atoms with E-state index in [1.54, 1.807) is 24.3 Å². The first-order chi connectivity index (χ1) is 14.8. The van der Waals surface area contributed by atoms with Gasteiger partial charge in [0.2, 0.25) is 17.7 Å². The van der Waals surface area contributed by atoms with Gasteiger partial charge in [0.1, 0.15) is 6.04 Å². The van der Waals surface area contributed by atoms with Crippen LogP contribution in [0.2, 0.25) is 0 Å². The average Bonchev–Trinajstić information content (AvgIpc) is 3.52. The third-order valence-corrected chi connectivity index (χ3v) is 6.16. The minimum absolute atomic E-state index is 0.118. The first-order valence-corrected chi connectivity index (χ1v) is 11.1. The Morgan fingerprint density at radius 2 is 1.71 bits per heavy atom. The lowest BCUT2D eigenvalue weighted by Gasteiger charge is -2.27. The van der Waals surface area contributed by atoms with Crippen molar-refractivity contribution in [2.45, 2.75) is 58.0 Å². The van der Waals surface area contributed by atoms with Crippen LogP contribution in [0.15, 0.2) is 36.4 Å². The third-order valence-electron chi connectivity index (χ3n) is 6.16. The van der Waals surface area contributed by atoms with Crippen LogP contribution in [-0.4, -0.2) is 40.6 Å². The molecule has 3 aliphatic rings. The fraction of sp³-hybridized carbons (Fsp3) is 0.500. The molecule has 2 N–H and O–H groups in total. The van der Waals surface area contributed by atoms with E-state index in [4.69, 9.17) is 0 Å². The van der Waals surface area contributed by atoms with Crippen LogP contribution < -0.4 is 10.6 Å². The van der Waals surface area contributed by atoms with Gasteiger partial charge in [0, 0.05) is 17.3 Å². The number of anilines is 1. The van der Waals surface area contributed by atoms with Crippen LogP contribution in [0.25, 0.3) is 0 Å². The first-order valence-electron chi connectivity index (χ1n) is 11.1. The third kappa shape index (κ3) is 4.55. The van der Waals surface area contributed by atoms with Gasteiger partial charge < -0.3 is 10.6 Å². The van der Waals surface area contributed by atoms with E-state index in [0.29, 0.717) is 30.5 Å². The molecular weight excluding hydrogens is 394 g/mol. The van der Waals surface area contributed by atoms with E-state index in [1.807, 2.05) is 26.0 Å². The molecule has 2 fully saturated rings. The molecule has 1 aliphatic heterocycles. The van der Waals surface area contributed by atoms with E-state index >= 15 is 0 Å². The fourth-order valence-corrected chi connectivity index (χ4v) is 4.37. The molecule has 0 unspecified atom stereocenters. The lowest BCUT2D eigenvalue weighted by atomic mass is 9.85. The number of nitrogens with zero attached hydrogens (tertiary/aromatic N) is 1. The van der Waals surface area contributed by atoms with Gasteiger partial charge in [-0.3, -0.25) is 24.1 Å². The highest BCUT2D eigenvalue weighted by atomic mass is 16.2. The maximum absolute atomic E-state index is 13.2. The molecular formula is C24H29N3O4. The summed E-state index contributed by atoms with van der Waals surface area (Å²) in [5, 5.41) is 5.76. The Labute approximate surface area is 182 Å². The average molecular weight is 424 g/mol. The van der Waals surface area contributed by atoms with E-state index in [0.717, 1.165) is 12.8 Å². The lowest BCUT2D eigenvalue weighted by Crippen LogP contribution is -2.48. The predicted molar refractivity (Wildman–Crippen MR) is 116 cm³/mol. The summed E-state index contributed by atoms with van der Waals surface area (Å²) in [6.45, 7) is 3.92. The highest BCUT2D eigenvalue weighted by Gasteiger charge is 2.51. The van der Waals surface area contributed by atoms with Gasteiger partial charge in [-0.05, 0) is 56.2 Å². The second-order valence-corrected chi connectivity index (χ2v) is 9.17. The molecule has 1 aromatic carbocycles. The summed E-state index contributed by atoms with van der Waals surface area (Å²) < 4.78 is 0. The van der Waals surface area contributed by atoms with Gasteiger partial charge in [-0.25, -0.2) is 0 Å². The van der Waals surface area contributed by atoms with Gasteiger partial charge in [-0.1, -0.05) is 32.1 Å².